The first-order valence-electron chi connectivity index (χ1n) is 6.69. The van der Waals surface area contributed by atoms with E-state index < -0.39 is 0 Å². The van der Waals surface area contributed by atoms with Gasteiger partial charge in [-0.2, -0.15) is 5.10 Å². The van der Waals surface area contributed by atoms with E-state index >= 15 is 0 Å². The summed E-state index contributed by atoms with van der Waals surface area (Å²) in [4.78, 5) is 0. The zero-order valence-corrected chi connectivity index (χ0v) is 13.1. The van der Waals surface area contributed by atoms with Crippen molar-refractivity contribution in [2.24, 2.45) is 0 Å². The number of nitrogens with zero attached hydrogens (tertiary/aromatic N) is 2. The van der Waals surface area contributed by atoms with E-state index in [-0.39, 0.29) is 0 Å². The molecule has 0 bridgehead atoms. The number of aromatic nitrogens is 2. The normalized spacial score (nSPS) is 10.4. The smallest absolute Gasteiger partial charge is 0.175 e. The van der Waals surface area contributed by atoms with E-state index in [4.69, 9.17) is 12.2 Å². The van der Waals surface area contributed by atoms with Gasteiger partial charge in [0.05, 0.1) is 11.4 Å². The predicted molar refractivity (Wildman–Crippen MR) is 88.4 cm³/mol. The fraction of sp³-hybridized carbons (Fsp3) is 0.333. The van der Waals surface area contributed by atoms with E-state index in [1.54, 1.807) is 0 Å². The average Bonchev–Trinajstić information content (AvgIpc) is 2.74. The molecule has 0 saturated carbocycles. The van der Waals surface area contributed by atoms with Crippen molar-refractivity contribution in [2.45, 2.75) is 34.2 Å². The number of thiocarbonyl (C=S) groups is 1. The Bertz CT molecular complexity index is 631. The Morgan fingerprint density at radius 1 is 1.20 bits per heavy atom. The van der Waals surface area contributed by atoms with E-state index in [0.717, 1.165) is 23.6 Å². The van der Waals surface area contributed by atoms with Crippen LogP contribution >= 0.6 is 12.2 Å². The lowest BCUT2D eigenvalue weighted by Gasteiger charge is -2.12. The van der Waals surface area contributed by atoms with Crippen LogP contribution in [-0.2, 0) is 6.54 Å². The van der Waals surface area contributed by atoms with Gasteiger partial charge in [0, 0.05) is 18.4 Å². The molecule has 0 amide bonds. The zero-order chi connectivity index (χ0) is 14.7. The summed E-state index contributed by atoms with van der Waals surface area (Å²) in [6.45, 7) is 9.00. The first kappa shape index (κ1) is 14.5. The topological polar surface area (TPSA) is 41.9 Å². The third-order valence-electron chi connectivity index (χ3n) is 3.16. The van der Waals surface area contributed by atoms with Gasteiger partial charge < -0.3 is 10.6 Å². The molecule has 4 nitrogen and oxygen atoms in total. The molecule has 0 unspecified atom stereocenters. The molecule has 2 aromatic rings. The van der Waals surface area contributed by atoms with E-state index in [1.165, 1.54) is 11.1 Å². The molecule has 0 spiro atoms. The third-order valence-corrected chi connectivity index (χ3v) is 3.36. The molecule has 5 heteroatoms. The van der Waals surface area contributed by atoms with Crippen LogP contribution in [0.15, 0.2) is 24.4 Å². The van der Waals surface area contributed by atoms with E-state index in [2.05, 4.69) is 54.7 Å². The van der Waals surface area contributed by atoms with Crippen molar-refractivity contribution < 1.29 is 0 Å². The largest absolute Gasteiger partial charge is 0.332 e. The number of benzene rings is 1. The van der Waals surface area contributed by atoms with Crippen molar-refractivity contribution in [2.75, 3.05) is 10.6 Å². The third kappa shape index (κ3) is 3.36. The molecule has 2 rings (SSSR count). The lowest BCUT2D eigenvalue weighted by Crippen LogP contribution is -2.19. The summed E-state index contributed by atoms with van der Waals surface area (Å²) in [7, 11) is 0. The molecule has 0 aliphatic carbocycles. The Morgan fingerprint density at radius 3 is 2.55 bits per heavy atom. The number of rotatable bonds is 3. The van der Waals surface area contributed by atoms with Gasteiger partial charge in [0.25, 0.3) is 0 Å². The first-order valence-corrected chi connectivity index (χ1v) is 7.09. The molecule has 0 atom stereocenters. The number of hydrogen-bond acceptors (Lipinski definition) is 2. The van der Waals surface area contributed by atoms with Gasteiger partial charge in [0.2, 0.25) is 0 Å². The van der Waals surface area contributed by atoms with Crippen LogP contribution in [0.1, 0.15) is 23.7 Å². The average molecular weight is 288 g/mol. The van der Waals surface area contributed by atoms with Gasteiger partial charge in [-0.3, -0.25) is 4.68 Å². The van der Waals surface area contributed by atoms with Gasteiger partial charge in [-0.15, -0.1) is 0 Å². The molecule has 1 aromatic carbocycles. The van der Waals surface area contributed by atoms with Gasteiger partial charge >= 0.3 is 0 Å². The fourth-order valence-corrected chi connectivity index (χ4v) is 2.17. The van der Waals surface area contributed by atoms with Crippen molar-refractivity contribution in [3.8, 4) is 0 Å². The molecule has 0 radical (unpaired) electrons. The van der Waals surface area contributed by atoms with Crippen molar-refractivity contribution in [3.63, 3.8) is 0 Å². The first-order chi connectivity index (χ1) is 9.49. The monoisotopic (exact) mass is 288 g/mol. The summed E-state index contributed by atoms with van der Waals surface area (Å²) in [6.07, 6.45) is 1.96. The summed E-state index contributed by atoms with van der Waals surface area (Å²) >= 11 is 5.37. The van der Waals surface area contributed by atoms with Crippen LogP contribution in [0, 0.1) is 20.8 Å². The van der Waals surface area contributed by atoms with Crippen LogP contribution in [0.25, 0.3) is 0 Å². The lowest BCUT2D eigenvalue weighted by molar-refractivity contribution is 0.653. The van der Waals surface area contributed by atoms with Gasteiger partial charge in [-0.1, -0.05) is 12.1 Å². The molecule has 1 aromatic heterocycles. The number of anilines is 2. The van der Waals surface area contributed by atoms with E-state index in [9.17, 15) is 0 Å². The maximum atomic E-state index is 5.37. The number of hydrogen-bond donors (Lipinski definition) is 2. The molecule has 20 heavy (non-hydrogen) atoms. The molecule has 0 aliphatic heterocycles. The fourth-order valence-electron chi connectivity index (χ4n) is 1.95. The molecule has 0 aliphatic rings. The van der Waals surface area contributed by atoms with Crippen LogP contribution in [0.2, 0.25) is 0 Å². The Balaban J connectivity index is 2.08. The molecule has 0 fully saturated rings. The second-order valence-corrected chi connectivity index (χ2v) is 5.29. The summed E-state index contributed by atoms with van der Waals surface area (Å²) in [5.41, 5.74) is 5.28. The molecular weight excluding hydrogens is 268 g/mol. The van der Waals surface area contributed by atoms with Crippen molar-refractivity contribution >= 4 is 28.7 Å². The van der Waals surface area contributed by atoms with Gasteiger partial charge in [-0.25, -0.2) is 0 Å². The maximum absolute atomic E-state index is 5.37. The molecule has 2 N–H and O–H groups in total. The molecule has 1 heterocycles. The van der Waals surface area contributed by atoms with Crippen LogP contribution < -0.4 is 10.6 Å². The summed E-state index contributed by atoms with van der Waals surface area (Å²) < 4.78 is 1.89. The summed E-state index contributed by atoms with van der Waals surface area (Å²) in [5.74, 6) is 0. The lowest BCUT2D eigenvalue weighted by atomic mass is 10.1. The van der Waals surface area contributed by atoms with Crippen LogP contribution in [0.3, 0.4) is 0 Å². The Hall–Kier alpha value is -1.88. The highest BCUT2D eigenvalue weighted by Gasteiger charge is 2.07. The van der Waals surface area contributed by atoms with Gasteiger partial charge in [-0.05, 0) is 57.1 Å². The molecule has 0 saturated heterocycles. The summed E-state index contributed by atoms with van der Waals surface area (Å²) in [6, 6.07) is 6.26. The zero-order valence-electron chi connectivity index (χ0n) is 12.3. The van der Waals surface area contributed by atoms with E-state index in [1.807, 2.05) is 17.8 Å². The standard InChI is InChI=1S/C15H20N4S/c1-5-19-9-14(12(4)18-19)17-15(20)16-13-8-10(2)6-7-11(13)3/h6-9H,5H2,1-4H3,(H2,16,17,20). The van der Waals surface area contributed by atoms with Crippen molar-refractivity contribution in [1.29, 1.82) is 0 Å². The minimum atomic E-state index is 0.581. The van der Waals surface area contributed by atoms with Crippen LogP contribution in [0.5, 0.6) is 0 Å². The van der Waals surface area contributed by atoms with Crippen LogP contribution in [-0.4, -0.2) is 14.9 Å². The van der Waals surface area contributed by atoms with Crippen molar-refractivity contribution in [3.05, 3.63) is 41.2 Å². The Labute approximate surface area is 125 Å². The number of aryl methyl sites for hydroxylation is 4. The predicted octanol–water partition coefficient (Wildman–Crippen LogP) is 3.64. The highest BCUT2D eigenvalue weighted by molar-refractivity contribution is 7.80. The highest BCUT2D eigenvalue weighted by Crippen LogP contribution is 2.18. The molecule has 106 valence electrons. The van der Waals surface area contributed by atoms with Gasteiger partial charge in [0.1, 0.15) is 0 Å². The van der Waals surface area contributed by atoms with Gasteiger partial charge in [0.15, 0.2) is 5.11 Å². The SMILES string of the molecule is CCn1cc(NC(=S)Nc2cc(C)ccc2C)c(C)n1. The minimum Gasteiger partial charge on any atom is -0.332 e. The number of nitrogens with one attached hydrogen (secondary N) is 2. The maximum Gasteiger partial charge on any atom is 0.175 e. The van der Waals surface area contributed by atoms with Crippen molar-refractivity contribution in [1.82, 2.24) is 9.78 Å². The molecular formula is C15H20N4S. The minimum absolute atomic E-state index is 0.581. The summed E-state index contributed by atoms with van der Waals surface area (Å²) in [5, 5.41) is 11.4. The second kappa shape index (κ2) is 6.05. The van der Waals surface area contributed by atoms with Crippen LogP contribution in [0.4, 0.5) is 11.4 Å². The Morgan fingerprint density at radius 2 is 1.90 bits per heavy atom. The quantitative estimate of drug-likeness (QED) is 0.846. The Kier molecular flexibility index (Phi) is 4.39. The second-order valence-electron chi connectivity index (χ2n) is 4.88. The highest BCUT2D eigenvalue weighted by atomic mass is 32.1. The van der Waals surface area contributed by atoms with E-state index in [0.29, 0.717) is 5.11 Å².